The van der Waals surface area contributed by atoms with E-state index in [1.54, 1.807) is 17.6 Å². The zero-order chi connectivity index (χ0) is 14.7. The summed E-state index contributed by atoms with van der Waals surface area (Å²) in [5.41, 5.74) is 6.72. The van der Waals surface area contributed by atoms with Gasteiger partial charge in [0.2, 0.25) is 11.8 Å². The highest BCUT2D eigenvalue weighted by Crippen LogP contribution is 2.27. The first-order valence-electron chi connectivity index (χ1n) is 7.23. The molecular weight excluding hydrogens is 322 g/mol. The summed E-state index contributed by atoms with van der Waals surface area (Å²) < 4.78 is 5.42. The Bertz CT molecular complexity index is 600. The predicted octanol–water partition coefficient (Wildman–Crippen LogP) is 2.96. The van der Waals surface area contributed by atoms with Gasteiger partial charge in [-0.3, -0.25) is 4.79 Å². The third-order valence-corrected chi connectivity index (χ3v) is 4.77. The van der Waals surface area contributed by atoms with Gasteiger partial charge in [0.15, 0.2) is 0 Å². The lowest BCUT2D eigenvalue weighted by atomic mass is 10.00. The van der Waals surface area contributed by atoms with Crippen LogP contribution in [0, 0.1) is 5.92 Å². The topological polar surface area (TPSA) is 81.2 Å². The van der Waals surface area contributed by atoms with Crippen LogP contribution in [-0.4, -0.2) is 16.9 Å². The molecule has 2 aromatic heterocycles. The summed E-state index contributed by atoms with van der Waals surface area (Å²) in [6.45, 7) is 0.398. The number of rotatable bonds is 5. The van der Waals surface area contributed by atoms with Crippen molar-refractivity contribution in [3.8, 4) is 10.8 Å². The highest BCUT2D eigenvalue weighted by Gasteiger charge is 2.25. The van der Waals surface area contributed by atoms with Gasteiger partial charge in [-0.1, -0.05) is 12.5 Å². The maximum absolute atomic E-state index is 11.9. The van der Waals surface area contributed by atoms with Crippen molar-refractivity contribution in [1.29, 1.82) is 0 Å². The van der Waals surface area contributed by atoms with E-state index in [0.717, 1.165) is 29.8 Å². The summed E-state index contributed by atoms with van der Waals surface area (Å²) in [4.78, 5) is 17.3. The molecule has 0 radical (unpaired) electrons. The van der Waals surface area contributed by atoms with Crippen LogP contribution in [0.25, 0.3) is 10.8 Å². The summed E-state index contributed by atoms with van der Waals surface area (Å²) in [5.74, 6) is 0.967. The Balaban J connectivity index is 0.00000176. The number of oxazole rings is 1. The van der Waals surface area contributed by atoms with Crippen molar-refractivity contribution in [3.05, 3.63) is 29.5 Å². The normalized spacial score (nSPS) is 20.6. The van der Waals surface area contributed by atoms with Crippen molar-refractivity contribution in [2.75, 3.05) is 0 Å². The standard InChI is InChI=1S/C15H19N3O2S.ClH/c16-12-4-1-3-10(12)7-14(19)17-8-11-9-20-15(18-11)13-5-2-6-21-13;/h2,5-6,9-10,12H,1,3-4,7-8,16H2,(H,17,19);1H/t10-,12+;/m0./s1. The molecule has 1 aliphatic carbocycles. The van der Waals surface area contributed by atoms with E-state index in [2.05, 4.69) is 10.3 Å². The second-order valence-electron chi connectivity index (χ2n) is 5.46. The van der Waals surface area contributed by atoms with Gasteiger partial charge in [0.05, 0.1) is 17.1 Å². The maximum atomic E-state index is 11.9. The number of nitrogens with one attached hydrogen (secondary N) is 1. The molecule has 1 saturated carbocycles. The van der Waals surface area contributed by atoms with Gasteiger partial charge >= 0.3 is 0 Å². The zero-order valence-electron chi connectivity index (χ0n) is 12.2. The molecule has 1 amide bonds. The van der Waals surface area contributed by atoms with Crippen molar-refractivity contribution in [2.45, 2.75) is 38.3 Å². The van der Waals surface area contributed by atoms with Crippen LogP contribution in [0.5, 0.6) is 0 Å². The molecule has 22 heavy (non-hydrogen) atoms. The lowest BCUT2D eigenvalue weighted by Gasteiger charge is -2.14. The van der Waals surface area contributed by atoms with Crippen LogP contribution in [0.1, 0.15) is 31.4 Å². The fourth-order valence-corrected chi connectivity index (χ4v) is 3.38. The quantitative estimate of drug-likeness (QED) is 0.876. The van der Waals surface area contributed by atoms with Gasteiger partial charge in [-0.05, 0) is 30.2 Å². The fourth-order valence-electron chi connectivity index (χ4n) is 2.72. The van der Waals surface area contributed by atoms with Crippen LogP contribution < -0.4 is 11.1 Å². The molecule has 2 aromatic rings. The molecule has 2 heterocycles. The number of thiophene rings is 1. The summed E-state index contributed by atoms with van der Waals surface area (Å²) in [7, 11) is 0. The van der Waals surface area contributed by atoms with Crippen molar-refractivity contribution in [2.24, 2.45) is 11.7 Å². The van der Waals surface area contributed by atoms with Crippen LogP contribution in [-0.2, 0) is 11.3 Å². The monoisotopic (exact) mass is 341 g/mol. The van der Waals surface area contributed by atoms with E-state index in [4.69, 9.17) is 10.2 Å². The second-order valence-corrected chi connectivity index (χ2v) is 6.40. The van der Waals surface area contributed by atoms with Crippen molar-refractivity contribution < 1.29 is 9.21 Å². The third kappa shape index (κ3) is 4.09. The van der Waals surface area contributed by atoms with Crippen LogP contribution >= 0.6 is 23.7 Å². The number of halogens is 1. The van der Waals surface area contributed by atoms with E-state index >= 15 is 0 Å². The average Bonchev–Trinajstić information content (AvgIpc) is 3.18. The summed E-state index contributed by atoms with van der Waals surface area (Å²) >= 11 is 1.58. The van der Waals surface area contributed by atoms with Gasteiger partial charge in [-0.2, -0.15) is 0 Å². The fraction of sp³-hybridized carbons (Fsp3) is 0.467. The minimum Gasteiger partial charge on any atom is -0.443 e. The SMILES string of the molecule is Cl.N[C@@H]1CCC[C@H]1CC(=O)NCc1coc(-c2cccs2)n1. The van der Waals surface area contributed by atoms with Crippen molar-refractivity contribution >= 4 is 29.7 Å². The third-order valence-electron chi connectivity index (χ3n) is 3.92. The van der Waals surface area contributed by atoms with E-state index in [0.29, 0.717) is 24.8 Å². The highest BCUT2D eigenvalue weighted by molar-refractivity contribution is 7.13. The van der Waals surface area contributed by atoms with Crippen LogP contribution in [0.2, 0.25) is 0 Å². The molecule has 2 atom stereocenters. The molecule has 0 unspecified atom stereocenters. The summed E-state index contributed by atoms with van der Waals surface area (Å²) in [5, 5.41) is 4.87. The van der Waals surface area contributed by atoms with Crippen molar-refractivity contribution in [3.63, 3.8) is 0 Å². The van der Waals surface area contributed by atoms with Gasteiger partial charge in [0.1, 0.15) is 6.26 Å². The highest BCUT2D eigenvalue weighted by atomic mass is 35.5. The Morgan fingerprint density at radius 3 is 3.05 bits per heavy atom. The molecule has 1 fully saturated rings. The van der Waals surface area contributed by atoms with E-state index in [-0.39, 0.29) is 24.4 Å². The minimum atomic E-state index is 0. The molecule has 3 N–H and O–H groups in total. The molecule has 3 rings (SSSR count). The Labute approximate surface area is 139 Å². The number of carbonyl (C=O) groups is 1. The Morgan fingerprint density at radius 1 is 1.50 bits per heavy atom. The number of amides is 1. The number of nitrogens with two attached hydrogens (primary N) is 1. The maximum Gasteiger partial charge on any atom is 0.236 e. The number of carbonyl (C=O) groups excluding carboxylic acids is 1. The Kier molecular flexibility index (Phi) is 5.99. The van der Waals surface area contributed by atoms with E-state index in [1.165, 1.54) is 0 Å². The van der Waals surface area contributed by atoms with E-state index in [1.807, 2.05) is 17.5 Å². The first-order valence-corrected chi connectivity index (χ1v) is 8.11. The lowest BCUT2D eigenvalue weighted by Crippen LogP contribution is -2.31. The molecule has 0 spiro atoms. The number of hydrogen-bond donors (Lipinski definition) is 2. The molecule has 0 aromatic carbocycles. The van der Waals surface area contributed by atoms with Gasteiger partial charge in [0, 0.05) is 12.5 Å². The zero-order valence-corrected chi connectivity index (χ0v) is 13.8. The predicted molar refractivity (Wildman–Crippen MR) is 88.8 cm³/mol. The van der Waals surface area contributed by atoms with Crippen molar-refractivity contribution in [1.82, 2.24) is 10.3 Å². The Morgan fingerprint density at radius 2 is 2.36 bits per heavy atom. The Hall–Kier alpha value is -1.37. The number of nitrogens with zero attached hydrogens (tertiary/aromatic N) is 1. The van der Waals surface area contributed by atoms with E-state index < -0.39 is 0 Å². The number of hydrogen-bond acceptors (Lipinski definition) is 5. The molecule has 0 saturated heterocycles. The second kappa shape index (κ2) is 7.76. The van der Waals surface area contributed by atoms with Crippen LogP contribution in [0.15, 0.2) is 28.2 Å². The lowest BCUT2D eigenvalue weighted by molar-refractivity contribution is -0.122. The average molecular weight is 342 g/mol. The molecular formula is C15H20ClN3O2S. The molecule has 0 aliphatic heterocycles. The summed E-state index contributed by atoms with van der Waals surface area (Å²) in [6.07, 6.45) is 5.33. The first kappa shape index (κ1) is 17.0. The number of aromatic nitrogens is 1. The van der Waals surface area contributed by atoms with Gasteiger partial charge in [-0.15, -0.1) is 23.7 Å². The molecule has 120 valence electrons. The smallest absolute Gasteiger partial charge is 0.236 e. The van der Waals surface area contributed by atoms with Crippen LogP contribution in [0.3, 0.4) is 0 Å². The minimum absolute atomic E-state index is 0. The molecule has 5 nitrogen and oxygen atoms in total. The largest absolute Gasteiger partial charge is 0.443 e. The van der Waals surface area contributed by atoms with Gasteiger partial charge < -0.3 is 15.5 Å². The van der Waals surface area contributed by atoms with Crippen LogP contribution in [0.4, 0.5) is 0 Å². The molecule has 1 aliphatic rings. The van der Waals surface area contributed by atoms with E-state index in [9.17, 15) is 4.79 Å². The summed E-state index contributed by atoms with van der Waals surface area (Å²) in [6, 6.07) is 4.09. The molecule has 7 heteroatoms. The van der Waals surface area contributed by atoms with Gasteiger partial charge in [-0.25, -0.2) is 4.98 Å². The van der Waals surface area contributed by atoms with Gasteiger partial charge in [0.25, 0.3) is 0 Å². The molecule has 0 bridgehead atoms. The first-order chi connectivity index (χ1) is 10.2.